The molecule has 2 rings (SSSR count). The van der Waals surface area contributed by atoms with Crippen molar-refractivity contribution >= 4 is 24.7 Å². The smallest absolute Gasteiger partial charge is 0.408 e. The highest BCUT2D eigenvalue weighted by atomic mass is 32.1. The number of nitrogens with one attached hydrogen (secondary N) is 1. The highest BCUT2D eigenvalue weighted by Gasteiger charge is 2.17. The molecule has 1 amide bonds. The van der Waals surface area contributed by atoms with Crippen molar-refractivity contribution in [2.45, 2.75) is 57.6 Å². The summed E-state index contributed by atoms with van der Waals surface area (Å²) in [6.45, 7) is 8.71. The fourth-order valence-corrected chi connectivity index (χ4v) is 2.47. The Balaban J connectivity index is 0.000000414. The number of hydrogen-bond acceptors (Lipinski definition) is 5. The number of aryl methyl sites for hydroxylation is 1. The van der Waals surface area contributed by atoms with E-state index in [1.165, 1.54) is 12.1 Å². The molecule has 0 bridgehead atoms. The van der Waals surface area contributed by atoms with E-state index in [0.29, 0.717) is 6.42 Å². The third kappa shape index (κ3) is 11.5. The topological polar surface area (TPSA) is 64.6 Å². The normalized spacial score (nSPS) is 11.6. The van der Waals surface area contributed by atoms with Gasteiger partial charge in [0.1, 0.15) is 24.1 Å². The molecule has 7 heteroatoms. The second kappa shape index (κ2) is 12.2. The Morgan fingerprint density at radius 3 is 2.30 bits per heavy atom. The Kier molecular flexibility index (Phi) is 10.4. The lowest BCUT2D eigenvalue weighted by Crippen LogP contribution is -2.36. The van der Waals surface area contributed by atoms with Gasteiger partial charge in [0.05, 0.1) is 0 Å². The second-order valence-electron chi connectivity index (χ2n) is 7.78. The Morgan fingerprint density at radius 2 is 1.77 bits per heavy atom. The highest BCUT2D eigenvalue weighted by molar-refractivity contribution is 7.80. The summed E-state index contributed by atoms with van der Waals surface area (Å²) in [4.78, 5) is 23.9. The van der Waals surface area contributed by atoms with E-state index >= 15 is 0 Å². The predicted octanol–water partition coefficient (Wildman–Crippen LogP) is 5.11. The molecular weight excluding hydrogens is 405 g/mol. The molecule has 5 nitrogen and oxygen atoms in total. The Hall–Kier alpha value is -2.54. The molecular formula is C23H30FNO4S. The van der Waals surface area contributed by atoms with E-state index in [2.05, 4.69) is 17.9 Å². The van der Waals surface area contributed by atoms with Crippen LogP contribution in [0, 0.1) is 12.7 Å². The Morgan fingerprint density at radius 1 is 1.13 bits per heavy atom. The molecule has 0 fully saturated rings. The number of esters is 1. The molecule has 0 aliphatic carbocycles. The van der Waals surface area contributed by atoms with Gasteiger partial charge in [-0.2, -0.15) is 0 Å². The van der Waals surface area contributed by atoms with Gasteiger partial charge in [-0.05, 0) is 63.9 Å². The van der Waals surface area contributed by atoms with Gasteiger partial charge in [-0.3, -0.25) is 4.79 Å². The third-order valence-electron chi connectivity index (χ3n) is 3.63. The summed E-state index contributed by atoms with van der Waals surface area (Å²) in [5, 5.41) is 2.37. The van der Waals surface area contributed by atoms with Gasteiger partial charge in [0, 0.05) is 11.3 Å². The van der Waals surface area contributed by atoms with Crippen molar-refractivity contribution in [2.75, 3.05) is 6.54 Å². The van der Waals surface area contributed by atoms with Crippen LogP contribution in [-0.2, 0) is 20.7 Å². The number of rotatable bonds is 5. The lowest BCUT2D eigenvalue weighted by molar-refractivity contribution is -0.147. The molecule has 30 heavy (non-hydrogen) atoms. The Labute approximate surface area is 183 Å². The Bertz CT molecular complexity index is 822. The summed E-state index contributed by atoms with van der Waals surface area (Å²) in [7, 11) is 0. The molecule has 1 N–H and O–H groups in total. The van der Waals surface area contributed by atoms with Gasteiger partial charge >= 0.3 is 12.1 Å². The first kappa shape index (κ1) is 25.5. The van der Waals surface area contributed by atoms with Crippen LogP contribution < -0.4 is 5.32 Å². The van der Waals surface area contributed by atoms with Crippen LogP contribution >= 0.6 is 12.6 Å². The third-order valence-corrected chi connectivity index (χ3v) is 4.14. The van der Waals surface area contributed by atoms with Crippen molar-refractivity contribution in [2.24, 2.45) is 0 Å². The van der Waals surface area contributed by atoms with E-state index in [1.54, 1.807) is 26.8 Å². The minimum Gasteiger partial charge on any atom is -0.461 e. The zero-order valence-electron chi connectivity index (χ0n) is 18.1. The van der Waals surface area contributed by atoms with Crippen molar-refractivity contribution < 1.29 is 23.5 Å². The van der Waals surface area contributed by atoms with Crippen molar-refractivity contribution in [3.8, 4) is 0 Å². The molecule has 0 radical (unpaired) electrons. The lowest BCUT2D eigenvalue weighted by atomic mass is 10.1. The minimum atomic E-state index is -0.629. The summed E-state index contributed by atoms with van der Waals surface area (Å²) in [6.07, 6.45) is -0.241. The number of amides is 1. The molecule has 1 atom stereocenters. The van der Waals surface area contributed by atoms with E-state index in [9.17, 15) is 14.0 Å². The highest BCUT2D eigenvalue weighted by Crippen LogP contribution is 2.12. The van der Waals surface area contributed by atoms with E-state index in [-0.39, 0.29) is 18.5 Å². The number of ether oxygens (including phenoxy) is 2. The molecule has 0 saturated heterocycles. The van der Waals surface area contributed by atoms with Crippen LogP contribution in [0.4, 0.5) is 9.18 Å². The van der Waals surface area contributed by atoms with Crippen molar-refractivity contribution in [1.29, 1.82) is 0 Å². The molecule has 2 aromatic rings. The molecule has 2 aromatic carbocycles. The maximum absolute atomic E-state index is 12.3. The van der Waals surface area contributed by atoms with Gasteiger partial charge in [-0.1, -0.05) is 30.3 Å². The fourth-order valence-electron chi connectivity index (χ4n) is 2.33. The number of halogens is 1. The number of carbonyl (C=O) groups is 2. The molecule has 0 heterocycles. The molecule has 0 aromatic heterocycles. The van der Waals surface area contributed by atoms with E-state index < -0.39 is 17.7 Å². The SMILES string of the molecule is CC(Cc1ccccc1)OC(=O)CNC(=O)OC(C)(C)C.Cc1cc(F)ccc1S. The maximum atomic E-state index is 12.3. The summed E-state index contributed by atoms with van der Waals surface area (Å²) >= 11 is 4.08. The van der Waals surface area contributed by atoms with E-state index in [4.69, 9.17) is 9.47 Å². The van der Waals surface area contributed by atoms with Crippen molar-refractivity contribution in [3.63, 3.8) is 0 Å². The summed E-state index contributed by atoms with van der Waals surface area (Å²) < 4.78 is 22.6. The largest absolute Gasteiger partial charge is 0.461 e. The standard InChI is InChI=1S/C16H23NO4.C7H7FS/c1-12(10-13-8-6-5-7-9-13)20-14(18)11-17-15(19)21-16(2,3)4;1-5-4-6(8)2-3-7(5)9/h5-9,12H,10-11H2,1-4H3,(H,17,19);2-4,9H,1H3. The summed E-state index contributed by atoms with van der Waals surface area (Å²) in [5.74, 6) is -0.686. The first-order valence-electron chi connectivity index (χ1n) is 9.61. The zero-order chi connectivity index (χ0) is 22.7. The van der Waals surface area contributed by atoms with Crippen LogP contribution in [0.15, 0.2) is 53.4 Å². The molecule has 164 valence electrons. The maximum Gasteiger partial charge on any atom is 0.408 e. The van der Waals surface area contributed by atoms with Crippen LogP contribution in [0.5, 0.6) is 0 Å². The number of hydrogen-bond donors (Lipinski definition) is 2. The molecule has 0 aliphatic rings. The van der Waals surface area contributed by atoms with Crippen LogP contribution in [0.25, 0.3) is 0 Å². The molecule has 0 aliphatic heterocycles. The van der Waals surface area contributed by atoms with Gasteiger partial charge in [0.15, 0.2) is 0 Å². The van der Waals surface area contributed by atoms with Crippen LogP contribution in [0.2, 0.25) is 0 Å². The minimum absolute atomic E-state index is 0.200. The zero-order valence-corrected chi connectivity index (χ0v) is 19.0. The average Bonchev–Trinajstić information content (AvgIpc) is 2.63. The predicted molar refractivity (Wildman–Crippen MR) is 118 cm³/mol. The number of thiol groups is 1. The summed E-state index contributed by atoms with van der Waals surface area (Å²) in [6, 6.07) is 14.3. The van der Waals surface area contributed by atoms with Gasteiger partial charge in [0.2, 0.25) is 0 Å². The van der Waals surface area contributed by atoms with Gasteiger partial charge in [0.25, 0.3) is 0 Å². The van der Waals surface area contributed by atoms with Gasteiger partial charge in [-0.15, -0.1) is 12.6 Å². The van der Waals surface area contributed by atoms with Crippen molar-refractivity contribution in [3.05, 3.63) is 65.5 Å². The van der Waals surface area contributed by atoms with Crippen molar-refractivity contribution in [1.82, 2.24) is 5.32 Å². The second-order valence-corrected chi connectivity index (χ2v) is 8.26. The van der Waals surface area contributed by atoms with Crippen LogP contribution in [-0.4, -0.2) is 30.3 Å². The van der Waals surface area contributed by atoms with Gasteiger partial charge in [-0.25, -0.2) is 9.18 Å². The first-order chi connectivity index (χ1) is 14.0. The first-order valence-corrected chi connectivity index (χ1v) is 10.1. The average molecular weight is 436 g/mol. The molecule has 0 spiro atoms. The van der Waals surface area contributed by atoms with E-state index in [0.717, 1.165) is 16.0 Å². The van der Waals surface area contributed by atoms with Crippen LogP contribution in [0.1, 0.15) is 38.8 Å². The van der Waals surface area contributed by atoms with Gasteiger partial charge < -0.3 is 14.8 Å². The van der Waals surface area contributed by atoms with E-state index in [1.807, 2.05) is 44.2 Å². The monoisotopic (exact) mass is 435 g/mol. The fraction of sp³-hybridized carbons (Fsp3) is 0.391. The number of benzene rings is 2. The quantitative estimate of drug-likeness (QED) is 0.506. The molecule has 1 unspecified atom stereocenters. The molecule has 0 saturated carbocycles. The number of alkyl carbamates (subject to hydrolysis) is 1. The lowest BCUT2D eigenvalue weighted by Gasteiger charge is -2.19. The summed E-state index contributed by atoms with van der Waals surface area (Å²) in [5.41, 5.74) is 1.38. The van der Waals surface area contributed by atoms with Crippen LogP contribution in [0.3, 0.4) is 0 Å². The number of carbonyl (C=O) groups excluding carboxylic acids is 2.